The van der Waals surface area contributed by atoms with Crippen LogP contribution in [-0.4, -0.2) is 29.9 Å². The Hall–Kier alpha value is -2.47. The predicted octanol–water partition coefficient (Wildman–Crippen LogP) is 3.80. The average Bonchev–Trinajstić information content (AvgIpc) is 2.68. The van der Waals surface area contributed by atoms with Crippen LogP contribution in [0.2, 0.25) is 0 Å². The number of aryl methyl sites for hydroxylation is 2. The van der Waals surface area contributed by atoms with Crippen LogP contribution in [0, 0.1) is 5.92 Å². The van der Waals surface area contributed by atoms with E-state index >= 15 is 0 Å². The second kappa shape index (κ2) is 10.6. The Morgan fingerprint density at radius 1 is 1.07 bits per heavy atom. The minimum absolute atomic E-state index is 0.0119. The zero-order valence-corrected chi connectivity index (χ0v) is 16.2. The smallest absolute Gasteiger partial charge is 0.315 e. The molecular weight excluding hydrogens is 364 g/mol. The summed E-state index contributed by atoms with van der Waals surface area (Å²) in [7, 11) is 1.62. The van der Waals surface area contributed by atoms with E-state index in [0.717, 1.165) is 17.7 Å². The normalized spacial score (nSPS) is 11.6. The van der Waals surface area contributed by atoms with Crippen molar-refractivity contribution in [2.75, 3.05) is 12.9 Å². The lowest BCUT2D eigenvalue weighted by Crippen LogP contribution is -2.23. The molecule has 1 N–H and O–H groups in total. The van der Waals surface area contributed by atoms with Crippen molar-refractivity contribution >= 4 is 24.6 Å². The van der Waals surface area contributed by atoms with Gasteiger partial charge in [0.25, 0.3) is 0 Å². The lowest BCUT2D eigenvalue weighted by atomic mass is 10.0. The highest BCUT2D eigenvalue weighted by Crippen LogP contribution is 2.23. The number of thiol groups is 1. The first-order chi connectivity index (χ1) is 13.0. The molecule has 2 rings (SSSR count). The lowest BCUT2D eigenvalue weighted by Gasteiger charge is -2.15. The van der Waals surface area contributed by atoms with E-state index in [1.165, 1.54) is 0 Å². The van der Waals surface area contributed by atoms with Gasteiger partial charge in [-0.15, -0.1) is 0 Å². The van der Waals surface area contributed by atoms with Crippen LogP contribution in [0.25, 0.3) is 0 Å². The fourth-order valence-electron chi connectivity index (χ4n) is 2.66. The van der Waals surface area contributed by atoms with Crippen molar-refractivity contribution in [2.45, 2.75) is 25.7 Å². The number of benzene rings is 2. The molecular formula is C21H24O5S. The fourth-order valence-corrected chi connectivity index (χ4v) is 2.99. The maximum absolute atomic E-state index is 12.5. The average molecular weight is 388 g/mol. The van der Waals surface area contributed by atoms with E-state index in [0.29, 0.717) is 29.9 Å². The van der Waals surface area contributed by atoms with Crippen LogP contribution in [0.1, 0.15) is 24.0 Å². The Balaban J connectivity index is 1.97. The van der Waals surface area contributed by atoms with E-state index in [2.05, 4.69) is 12.6 Å². The third-order valence-electron chi connectivity index (χ3n) is 4.29. The number of carboxylic acid groups (broad SMARTS) is 1. The van der Waals surface area contributed by atoms with E-state index in [9.17, 15) is 9.59 Å². The first-order valence-electron chi connectivity index (χ1n) is 8.78. The number of hydrogen-bond donors (Lipinski definition) is 2. The quantitative estimate of drug-likeness (QED) is 0.368. The molecule has 0 spiro atoms. The number of ether oxygens (including phenoxy) is 2. The number of rotatable bonds is 10. The molecule has 2 aromatic carbocycles. The molecule has 1 atom stereocenters. The van der Waals surface area contributed by atoms with Crippen LogP contribution >= 0.6 is 12.6 Å². The maximum atomic E-state index is 12.5. The summed E-state index contributed by atoms with van der Waals surface area (Å²) in [6.45, 7) is 0. The first-order valence-corrected chi connectivity index (χ1v) is 9.42. The van der Waals surface area contributed by atoms with E-state index in [4.69, 9.17) is 14.6 Å². The Morgan fingerprint density at radius 3 is 2.41 bits per heavy atom. The second-order valence-electron chi connectivity index (χ2n) is 6.19. The molecule has 0 unspecified atom stereocenters. The zero-order chi connectivity index (χ0) is 19.6. The Labute approximate surface area is 164 Å². The molecule has 6 heteroatoms. The number of methoxy groups -OCH3 is 1. The van der Waals surface area contributed by atoms with Gasteiger partial charge >= 0.3 is 11.9 Å². The molecule has 0 heterocycles. The van der Waals surface area contributed by atoms with Gasteiger partial charge in [-0.25, -0.2) is 0 Å². The van der Waals surface area contributed by atoms with Crippen molar-refractivity contribution in [1.82, 2.24) is 0 Å². The molecule has 0 bridgehead atoms. The molecule has 0 saturated heterocycles. The maximum Gasteiger partial charge on any atom is 0.315 e. The van der Waals surface area contributed by atoms with Gasteiger partial charge in [0.2, 0.25) is 0 Å². The minimum atomic E-state index is -0.885. The van der Waals surface area contributed by atoms with E-state index < -0.39 is 5.97 Å². The predicted molar refractivity (Wildman–Crippen MR) is 107 cm³/mol. The number of carbonyl (C=O) groups is 2. The van der Waals surface area contributed by atoms with Gasteiger partial charge in [0.15, 0.2) is 0 Å². The highest BCUT2D eigenvalue weighted by atomic mass is 32.1. The molecule has 144 valence electrons. The number of carboxylic acids is 1. The Morgan fingerprint density at radius 2 is 1.78 bits per heavy atom. The largest absolute Gasteiger partial charge is 0.497 e. The van der Waals surface area contributed by atoms with Gasteiger partial charge in [-0.2, -0.15) is 12.6 Å². The van der Waals surface area contributed by atoms with Crippen molar-refractivity contribution in [3.05, 3.63) is 59.7 Å². The van der Waals surface area contributed by atoms with Gasteiger partial charge in [0.05, 0.1) is 13.0 Å². The molecule has 0 fully saturated rings. The summed E-state index contributed by atoms with van der Waals surface area (Å²) in [5.41, 5.74) is 1.82. The van der Waals surface area contributed by atoms with Crippen LogP contribution in [-0.2, 0) is 22.4 Å². The van der Waals surface area contributed by atoms with Crippen molar-refractivity contribution in [3.8, 4) is 11.5 Å². The van der Waals surface area contributed by atoms with Gasteiger partial charge in [-0.3, -0.25) is 9.59 Å². The molecule has 0 saturated carbocycles. The summed E-state index contributed by atoms with van der Waals surface area (Å²) in [5.74, 6) is 0.0155. The number of carbonyl (C=O) groups excluding carboxylic acids is 1. The molecule has 0 aromatic heterocycles. The van der Waals surface area contributed by atoms with Gasteiger partial charge in [0.1, 0.15) is 11.5 Å². The highest BCUT2D eigenvalue weighted by Gasteiger charge is 2.20. The second-order valence-corrected chi connectivity index (χ2v) is 6.55. The van der Waals surface area contributed by atoms with Gasteiger partial charge < -0.3 is 14.6 Å². The van der Waals surface area contributed by atoms with Crippen molar-refractivity contribution in [2.24, 2.45) is 5.92 Å². The molecule has 2 aromatic rings. The Bertz CT molecular complexity index is 757. The van der Waals surface area contributed by atoms with Crippen LogP contribution in [0.3, 0.4) is 0 Å². The van der Waals surface area contributed by atoms with Gasteiger partial charge in [-0.1, -0.05) is 30.3 Å². The summed E-state index contributed by atoms with van der Waals surface area (Å²) in [5, 5.41) is 8.86. The molecule has 0 amide bonds. The number of para-hydroxylation sites is 1. The third kappa shape index (κ3) is 6.64. The number of hydrogen-bond acceptors (Lipinski definition) is 5. The number of esters is 1. The highest BCUT2D eigenvalue weighted by molar-refractivity contribution is 7.80. The van der Waals surface area contributed by atoms with Gasteiger partial charge in [-0.05, 0) is 48.6 Å². The summed E-state index contributed by atoms with van der Waals surface area (Å²) in [6.07, 6.45) is 1.65. The Kier molecular flexibility index (Phi) is 8.20. The van der Waals surface area contributed by atoms with Crippen molar-refractivity contribution < 1.29 is 24.2 Å². The molecule has 0 aliphatic carbocycles. The topological polar surface area (TPSA) is 72.8 Å². The summed E-state index contributed by atoms with van der Waals surface area (Å²) in [4.78, 5) is 23.3. The first kappa shape index (κ1) is 20.8. The molecule has 27 heavy (non-hydrogen) atoms. The van der Waals surface area contributed by atoms with Gasteiger partial charge in [0, 0.05) is 12.2 Å². The minimum Gasteiger partial charge on any atom is -0.497 e. The van der Waals surface area contributed by atoms with E-state index in [-0.39, 0.29) is 18.3 Å². The molecule has 0 aliphatic rings. The van der Waals surface area contributed by atoms with Crippen LogP contribution in [0.4, 0.5) is 0 Å². The monoisotopic (exact) mass is 388 g/mol. The van der Waals surface area contributed by atoms with E-state index in [1.807, 2.05) is 24.3 Å². The van der Waals surface area contributed by atoms with Crippen LogP contribution in [0.5, 0.6) is 11.5 Å². The zero-order valence-electron chi connectivity index (χ0n) is 15.3. The standard InChI is InChI=1S/C21H24O5S/c1-25-18-11-7-15(8-12-18)6-9-17(14-27)21(24)26-19-5-3-2-4-16(19)10-13-20(22)23/h2-5,7-8,11-12,17,27H,6,9-10,13-14H2,1H3,(H,22,23)/t17-/m1/s1. The SMILES string of the molecule is COc1ccc(CC[C@H](CS)C(=O)Oc2ccccc2CCC(=O)O)cc1. The van der Waals surface area contributed by atoms with E-state index in [1.54, 1.807) is 31.4 Å². The van der Waals surface area contributed by atoms with Crippen LogP contribution in [0.15, 0.2) is 48.5 Å². The molecule has 5 nitrogen and oxygen atoms in total. The van der Waals surface area contributed by atoms with Crippen molar-refractivity contribution in [3.63, 3.8) is 0 Å². The summed E-state index contributed by atoms with van der Waals surface area (Å²) in [6, 6.07) is 14.8. The number of aliphatic carboxylic acids is 1. The third-order valence-corrected chi connectivity index (χ3v) is 4.73. The van der Waals surface area contributed by atoms with Crippen LogP contribution < -0.4 is 9.47 Å². The summed E-state index contributed by atoms with van der Waals surface area (Å²) >= 11 is 4.29. The lowest BCUT2D eigenvalue weighted by molar-refractivity contribution is -0.138. The molecule has 0 radical (unpaired) electrons. The fraction of sp³-hybridized carbons (Fsp3) is 0.333. The molecule has 0 aliphatic heterocycles. The van der Waals surface area contributed by atoms with Crippen molar-refractivity contribution in [1.29, 1.82) is 0 Å². The summed E-state index contributed by atoms with van der Waals surface area (Å²) < 4.78 is 10.7.